The van der Waals surface area contributed by atoms with Gasteiger partial charge >= 0.3 is 5.97 Å². The van der Waals surface area contributed by atoms with E-state index in [0.29, 0.717) is 11.4 Å². The first-order chi connectivity index (χ1) is 13.8. The fourth-order valence-corrected chi connectivity index (χ4v) is 3.43. The number of hydrogen-bond acceptors (Lipinski definition) is 4. The minimum absolute atomic E-state index is 0.120. The molecule has 0 saturated carbocycles. The van der Waals surface area contributed by atoms with Gasteiger partial charge < -0.3 is 14.8 Å². The Morgan fingerprint density at radius 3 is 2.28 bits per heavy atom. The molecule has 2 atom stereocenters. The second-order valence-corrected chi connectivity index (χ2v) is 7.76. The molecule has 1 amide bonds. The van der Waals surface area contributed by atoms with Crippen LogP contribution in [0.5, 0.6) is 5.75 Å². The molecule has 2 rings (SSSR count). The van der Waals surface area contributed by atoms with Crippen LogP contribution < -0.4 is 10.1 Å². The van der Waals surface area contributed by atoms with Crippen molar-refractivity contribution in [3.63, 3.8) is 0 Å². The van der Waals surface area contributed by atoms with Crippen LogP contribution in [0.25, 0.3) is 0 Å². The topological polar surface area (TPSA) is 64.6 Å². The van der Waals surface area contributed by atoms with Crippen molar-refractivity contribution in [3.05, 3.63) is 63.1 Å². The summed E-state index contributed by atoms with van der Waals surface area (Å²) in [5.74, 6) is -0.960. The van der Waals surface area contributed by atoms with Crippen molar-refractivity contribution >= 4 is 46.7 Å². The van der Waals surface area contributed by atoms with Gasteiger partial charge in [-0.3, -0.25) is 4.79 Å². The van der Waals surface area contributed by atoms with Crippen LogP contribution in [0.4, 0.5) is 0 Å². The molecule has 2 aromatic carbocycles. The molecule has 0 saturated heterocycles. The summed E-state index contributed by atoms with van der Waals surface area (Å²) in [4.78, 5) is 24.9. The number of ether oxygens (including phenoxy) is 2. The molecule has 0 aliphatic rings. The Kier molecular flexibility index (Phi) is 9.08. The largest absolute Gasteiger partial charge is 0.481 e. The fourth-order valence-electron chi connectivity index (χ4n) is 2.51. The van der Waals surface area contributed by atoms with Gasteiger partial charge in [0.05, 0.1) is 10.0 Å². The molecule has 2 aromatic rings. The highest BCUT2D eigenvalue weighted by molar-refractivity contribution is 6.40. The smallest absolute Gasteiger partial charge is 0.329 e. The molecule has 0 heterocycles. The van der Waals surface area contributed by atoms with E-state index in [0.717, 1.165) is 5.56 Å². The third-order valence-corrected chi connectivity index (χ3v) is 5.10. The maximum atomic E-state index is 12.5. The number of rotatable bonds is 9. The van der Waals surface area contributed by atoms with Crippen molar-refractivity contribution in [2.75, 3.05) is 6.61 Å². The van der Waals surface area contributed by atoms with Crippen LogP contribution in [0.1, 0.15) is 25.8 Å². The van der Waals surface area contributed by atoms with E-state index in [1.165, 1.54) is 12.1 Å². The molecule has 156 valence electrons. The Balaban J connectivity index is 1.96. The highest BCUT2D eigenvalue weighted by Gasteiger charge is 2.27. The van der Waals surface area contributed by atoms with Crippen molar-refractivity contribution in [2.45, 2.75) is 32.9 Å². The monoisotopic (exact) mass is 457 g/mol. The van der Waals surface area contributed by atoms with Crippen molar-refractivity contribution < 1.29 is 19.1 Å². The molecule has 0 spiro atoms. The molecule has 29 heavy (non-hydrogen) atoms. The average molecular weight is 459 g/mol. The molecule has 0 radical (unpaired) electrons. The maximum absolute atomic E-state index is 12.5. The SMILES string of the molecule is CC[C@H](C)[C@@H](NC(=O)COc1c(Cl)cc(Cl)cc1Cl)C(=O)OCc1ccccc1. The van der Waals surface area contributed by atoms with Gasteiger partial charge in [0.2, 0.25) is 0 Å². The van der Waals surface area contributed by atoms with Gasteiger partial charge in [0.1, 0.15) is 12.6 Å². The molecule has 1 N–H and O–H groups in total. The first-order valence-electron chi connectivity index (χ1n) is 9.09. The summed E-state index contributed by atoms with van der Waals surface area (Å²) in [5.41, 5.74) is 0.866. The predicted octanol–water partition coefficient (Wildman–Crippen LogP) is 5.30. The molecule has 0 aliphatic heterocycles. The molecule has 0 bridgehead atoms. The van der Waals surface area contributed by atoms with E-state index in [1.54, 1.807) is 0 Å². The summed E-state index contributed by atoms with van der Waals surface area (Å²) in [7, 11) is 0. The first-order valence-corrected chi connectivity index (χ1v) is 10.2. The molecule has 0 fully saturated rings. The highest BCUT2D eigenvalue weighted by Crippen LogP contribution is 2.35. The van der Waals surface area contributed by atoms with E-state index in [1.807, 2.05) is 44.2 Å². The van der Waals surface area contributed by atoms with Gasteiger partial charge in [-0.2, -0.15) is 0 Å². The number of carbonyl (C=O) groups excluding carboxylic acids is 2. The van der Waals surface area contributed by atoms with Gasteiger partial charge in [-0.05, 0) is 23.6 Å². The predicted molar refractivity (Wildman–Crippen MR) is 115 cm³/mol. The first kappa shape index (κ1) is 23.3. The summed E-state index contributed by atoms with van der Waals surface area (Å²) >= 11 is 18.0. The maximum Gasteiger partial charge on any atom is 0.329 e. The lowest BCUT2D eigenvalue weighted by atomic mass is 9.99. The summed E-state index contributed by atoms with van der Waals surface area (Å²) in [6.45, 7) is 3.56. The van der Waals surface area contributed by atoms with Crippen LogP contribution in [0.3, 0.4) is 0 Å². The van der Waals surface area contributed by atoms with Gasteiger partial charge in [0.15, 0.2) is 12.4 Å². The number of amides is 1. The zero-order valence-electron chi connectivity index (χ0n) is 16.1. The zero-order chi connectivity index (χ0) is 21.4. The third kappa shape index (κ3) is 7.11. The Bertz CT molecular complexity index is 822. The summed E-state index contributed by atoms with van der Waals surface area (Å²) < 4.78 is 10.8. The number of hydrogen-bond donors (Lipinski definition) is 1. The summed E-state index contributed by atoms with van der Waals surface area (Å²) in [5, 5.41) is 3.41. The number of carbonyl (C=O) groups is 2. The molecule has 5 nitrogen and oxygen atoms in total. The van der Waals surface area contributed by atoms with Gasteiger partial charge in [-0.25, -0.2) is 4.79 Å². The molecular weight excluding hydrogens is 437 g/mol. The molecule has 0 aliphatic carbocycles. The zero-order valence-corrected chi connectivity index (χ0v) is 18.4. The second-order valence-electron chi connectivity index (χ2n) is 6.51. The van der Waals surface area contributed by atoms with Crippen LogP contribution in [-0.4, -0.2) is 24.5 Å². The standard InChI is InChI=1S/C21H22Cl3NO4/c1-3-13(2)19(21(27)29-11-14-7-5-4-6-8-14)25-18(26)12-28-20-16(23)9-15(22)10-17(20)24/h4-10,13,19H,3,11-12H2,1-2H3,(H,25,26)/t13-,19+/m0/s1. The average Bonchev–Trinajstić information content (AvgIpc) is 2.69. The van der Waals surface area contributed by atoms with E-state index >= 15 is 0 Å². The number of esters is 1. The molecule has 0 unspecified atom stereocenters. The summed E-state index contributed by atoms with van der Waals surface area (Å²) in [6, 6.07) is 11.5. The fraction of sp³-hybridized carbons (Fsp3) is 0.333. The molecular formula is C21H22Cl3NO4. The lowest BCUT2D eigenvalue weighted by Crippen LogP contribution is -2.47. The van der Waals surface area contributed by atoms with Crippen molar-refractivity contribution in [1.29, 1.82) is 0 Å². The van der Waals surface area contributed by atoms with Gasteiger partial charge in [-0.15, -0.1) is 0 Å². The quantitative estimate of drug-likeness (QED) is 0.518. The third-order valence-electron chi connectivity index (χ3n) is 4.32. The van der Waals surface area contributed by atoms with E-state index in [9.17, 15) is 9.59 Å². The second kappa shape index (κ2) is 11.3. The lowest BCUT2D eigenvalue weighted by molar-refractivity contribution is -0.150. The normalized spacial score (nSPS) is 12.7. The Hall–Kier alpha value is -1.95. The minimum atomic E-state index is -0.795. The van der Waals surface area contributed by atoms with Crippen LogP contribution >= 0.6 is 34.8 Å². The van der Waals surface area contributed by atoms with E-state index in [-0.39, 0.29) is 34.9 Å². The minimum Gasteiger partial charge on any atom is -0.481 e. The highest BCUT2D eigenvalue weighted by atomic mass is 35.5. The van der Waals surface area contributed by atoms with Crippen molar-refractivity contribution in [2.24, 2.45) is 5.92 Å². The van der Waals surface area contributed by atoms with Crippen LogP contribution in [-0.2, 0) is 20.9 Å². The molecule has 0 aromatic heterocycles. The van der Waals surface area contributed by atoms with Gasteiger partial charge in [0.25, 0.3) is 5.91 Å². The van der Waals surface area contributed by atoms with E-state index in [4.69, 9.17) is 44.3 Å². The van der Waals surface area contributed by atoms with Crippen LogP contribution in [0, 0.1) is 5.92 Å². The van der Waals surface area contributed by atoms with Crippen LogP contribution in [0.15, 0.2) is 42.5 Å². The summed E-state index contributed by atoms with van der Waals surface area (Å²) in [6.07, 6.45) is 0.682. The van der Waals surface area contributed by atoms with Gasteiger partial charge in [-0.1, -0.05) is 85.4 Å². The van der Waals surface area contributed by atoms with Gasteiger partial charge in [0, 0.05) is 5.02 Å². The van der Waals surface area contributed by atoms with Crippen molar-refractivity contribution in [3.8, 4) is 5.75 Å². The number of halogens is 3. The van der Waals surface area contributed by atoms with E-state index < -0.39 is 17.9 Å². The van der Waals surface area contributed by atoms with E-state index in [2.05, 4.69) is 5.32 Å². The Labute approximate surface area is 185 Å². The Morgan fingerprint density at radius 1 is 1.07 bits per heavy atom. The molecule has 8 heteroatoms. The lowest BCUT2D eigenvalue weighted by Gasteiger charge is -2.23. The van der Waals surface area contributed by atoms with Crippen LogP contribution in [0.2, 0.25) is 15.1 Å². The number of nitrogens with one attached hydrogen (secondary N) is 1. The number of benzene rings is 2. The van der Waals surface area contributed by atoms with Crippen molar-refractivity contribution in [1.82, 2.24) is 5.32 Å². The Morgan fingerprint density at radius 2 is 1.69 bits per heavy atom.